The van der Waals surface area contributed by atoms with Crippen LogP contribution in [0.3, 0.4) is 0 Å². The van der Waals surface area contributed by atoms with Crippen LogP contribution in [-0.2, 0) is 9.53 Å². The minimum absolute atomic E-state index is 0.125. The Bertz CT molecular complexity index is 839. The number of aliphatic imine (C=N–C) groups is 1. The van der Waals surface area contributed by atoms with Crippen molar-refractivity contribution in [2.45, 2.75) is 37.9 Å². The van der Waals surface area contributed by atoms with Gasteiger partial charge >= 0.3 is 5.97 Å². The summed E-state index contributed by atoms with van der Waals surface area (Å²) in [6.07, 6.45) is 5.51. The largest absolute Gasteiger partial charge is 0.506 e. The van der Waals surface area contributed by atoms with E-state index in [9.17, 15) is 20.0 Å². The Morgan fingerprint density at radius 1 is 1.48 bits per heavy atom. The summed E-state index contributed by atoms with van der Waals surface area (Å²) >= 11 is 4.67. The number of halogens is 1. The van der Waals surface area contributed by atoms with E-state index in [1.165, 1.54) is 18.3 Å². The number of hydrogen-bond acceptors (Lipinski definition) is 7. The van der Waals surface area contributed by atoms with Crippen molar-refractivity contribution in [3.05, 3.63) is 42.9 Å². The highest BCUT2D eigenvalue weighted by Crippen LogP contribution is 2.49. The fraction of sp³-hybridized carbons (Fsp3) is 0.444. The molecule has 0 saturated heterocycles. The van der Waals surface area contributed by atoms with Crippen LogP contribution in [0.5, 0.6) is 5.75 Å². The number of thioether (sulfide) groups is 1. The summed E-state index contributed by atoms with van der Waals surface area (Å²) in [5, 5.41) is 22.1. The summed E-state index contributed by atoms with van der Waals surface area (Å²) in [6.45, 7) is 2.06. The van der Waals surface area contributed by atoms with Gasteiger partial charge in [0, 0.05) is 35.1 Å². The van der Waals surface area contributed by atoms with Crippen LogP contribution in [0.1, 0.15) is 38.2 Å². The molecule has 1 aliphatic heterocycles. The Kier molecular flexibility index (Phi) is 6.21. The number of ether oxygens (including phenoxy) is 1. The Morgan fingerprint density at radius 3 is 2.93 bits per heavy atom. The maximum atomic E-state index is 12.5. The van der Waals surface area contributed by atoms with E-state index in [-0.39, 0.29) is 33.4 Å². The Morgan fingerprint density at radius 2 is 2.22 bits per heavy atom. The lowest BCUT2D eigenvalue weighted by molar-refractivity contribution is -0.385. The summed E-state index contributed by atoms with van der Waals surface area (Å²) in [5.41, 5.74) is 0.641. The predicted molar refractivity (Wildman–Crippen MR) is 107 cm³/mol. The molecule has 144 valence electrons. The van der Waals surface area contributed by atoms with Gasteiger partial charge in [-0.05, 0) is 35.7 Å². The molecule has 2 atom stereocenters. The Labute approximate surface area is 169 Å². The lowest BCUT2D eigenvalue weighted by atomic mass is 9.84. The molecule has 1 aromatic rings. The van der Waals surface area contributed by atoms with Gasteiger partial charge in [0.25, 0.3) is 5.69 Å². The minimum Gasteiger partial charge on any atom is -0.506 e. The van der Waals surface area contributed by atoms with Crippen LogP contribution in [-0.4, -0.2) is 34.1 Å². The minimum atomic E-state index is -0.538. The van der Waals surface area contributed by atoms with Gasteiger partial charge in [-0.2, -0.15) is 0 Å². The number of rotatable bonds is 5. The van der Waals surface area contributed by atoms with E-state index in [2.05, 4.69) is 20.9 Å². The average molecular weight is 455 g/mol. The molecule has 1 aromatic carbocycles. The molecule has 27 heavy (non-hydrogen) atoms. The quantitative estimate of drug-likeness (QED) is 0.302. The fourth-order valence-corrected chi connectivity index (χ4v) is 5.36. The molecule has 7 nitrogen and oxygen atoms in total. The molecule has 0 bridgehead atoms. The summed E-state index contributed by atoms with van der Waals surface area (Å²) in [4.78, 5) is 27.4. The molecular weight excluding hydrogens is 436 g/mol. The topological polar surface area (TPSA) is 102 Å². The number of nitro groups is 1. The molecule has 3 rings (SSSR count). The molecule has 1 N–H and O–H groups in total. The maximum Gasteiger partial charge on any atom is 0.337 e. The number of phenols is 1. The number of carbonyl (C=O) groups excluding carboxylic acids is 1. The van der Waals surface area contributed by atoms with Crippen molar-refractivity contribution >= 4 is 45.6 Å². The molecule has 1 fully saturated rings. The van der Waals surface area contributed by atoms with Gasteiger partial charge in [-0.3, -0.25) is 10.1 Å². The van der Waals surface area contributed by atoms with Gasteiger partial charge in [-0.15, -0.1) is 11.8 Å². The highest BCUT2D eigenvalue weighted by Gasteiger charge is 2.41. The molecule has 9 heteroatoms. The molecule has 0 unspecified atom stereocenters. The molecular formula is C18H19BrN2O5S. The molecule has 0 radical (unpaired) electrons. The normalized spacial score (nSPS) is 22.1. The second-order valence-electron chi connectivity index (χ2n) is 6.37. The molecule has 0 spiro atoms. The van der Waals surface area contributed by atoms with Gasteiger partial charge in [-0.1, -0.05) is 12.8 Å². The first kappa shape index (κ1) is 19.9. The van der Waals surface area contributed by atoms with Crippen molar-refractivity contribution < 1.29 is 19.6 Å². The number of non-ortho nitro benzene ring substituents is 1. The second-order valence-corrected chi connectivity index (χ2v) is 8.45. The van der Waals surface area contributed by atoms with Gasteiger partial charge < -0.3 is 9.84 Å². The van der Waals surface area contributed by atoms with E-state index in [0.717, 1.165) is 25.7 Å². The highest BCUT2D eigenvalue weighted by atomic mass is 79.9. The van der Waals surface area contributed by atoms with Crippen molar-refractivity contribution in [2.24, 2.45) is 10.9 Å². The van der Waals surface area contributed by atoms with Crippen LogP contribution < -0.4 is 0 Å². The van der Waals surface area contributed by atoms with Crippen LogP contribution in [0.4, 0.5) is 5.69 Å². The molecule has 1 saturated carbocycles. The smallest absolute Gasteiger partial charge is 0.337 e. The van der Waals surface area contributed by atoms with Crippen LogP contribution in [0.15, 0.2) is 32.2 Å². The number of fused-ring (bicyclic) bond motifs is 1. The first-order chi connectivity index (χ1) is 12.9. The van der Waals surface area contributed by atoms with Gasteiger partial charge in [0.15, 0.2) is 0 Å². The van der Waals surface area contributed by atoms with Crippen molar-refractivity contribution in [2.75, 3.05) is 6.61 Å². The fourth-order valence-electron chi connectivity index (χ4n) is 3.42. The molecule has 1 aliphatic carbocycles. The highest BCUT2D eigenvalue weighted by molar-refractivity contribution is 9.10. The SMILES string of the molecule is CCOC(=O)C1=C(N=Cc2cc([N+](=O)[O-])cc(Br)c2O)S[C@H]2CCCC[C@@H]12. The van der Waals surface area contributed by atoms with Crippen molar-refractivity contribution in [1.29, 1.82) is 0 Å². The number of carbonyl (C=O) groups is 1. The van der Waals surface area contributed by atoms with E-state index < -0.39 is 4.92 Å². The second kappa shape index (κ2) is 8.43. The first-order valence-corrected chi connectivity index (χ1v) is 10.4. The Hall–Kier alpha value is -1.87. The summed E-state index contributed by atoms with van der Waals surface area (Å²) in [7, 11) is 0. The number of hydrogen-bond donors (Lipinski definition) is 1. The predicted octanol–water partition coefficient (Wildman–Crippen LogP) is 4.56. The zero-order valence-corrected chi connectivity index (χ0v) is 17.1. The summed E-state index contributed by atoms with van der Waals surface area (Å²) in [5.74, 6) is -0.362. The van der Waals surface area contributed by atoms with Crippen LogP contribution in [0.25, 0.3) is 0 Å². The standard InChI is InChI=1S/C18H19BrN2O5S/c1-2-26-18(23)15-12-5-3-4-6-14(12)27-17(15)20-9-10-7-11(21(24)25)8-13(19)16(10)22/h7-9,12,14,22H,2-6H2,1H3/t12-,14+/m1/s1. The van der Waals surface area contributed by atoms with Gasteiger partial charge in [-0.25, -0.2) is 9.79 Å². The zero-order valence-electron chi connectivity index (χ0n) is 14.7. The number of aromatic hydroxyl groups is 1. The van der Waals surface area contributed by atoms with Crippen LogP contribution >= 0.6 is 27.7 Å². The van der Waals surface area contributed by atoms with Crippen molar-refractivity contribution in [3.63, 3.8) is 0 Å². The third-order valence-corrected chi connectivity index (χ3v) is 6.69. The first-order valence-electron chi connectivity index (χ1n) is 8.71. The van der Waals surface area contributed by atoms with Gasteiger partial charge in [0.05, 0.1) is 21.6 Å². The van der Waals surface area contributed by atoms with Crippen LogP contribution in [0, 0.1) is 16.0 Å². The number of nitrogens with zero attached hydrogens (tertiary/aromatic N) is 2. The maximum absolute atomic E-state index is 12.5. The van der Waals surface area contributed by atoms with E-state index >= 15 is 0 Å². The van der Waals surface area contributed by atoms with E-state index in [1.54, 1.807) is 18.7 Å². The third-order valence-electron chi connectivity index (χ3n) is 4.67. The summed E-state index contributed by atoms with van der Waals surface area (Å²) < 4.78 is 5.43. The molecule has 1 heterocycles. The monoisotopic (exact) mass is 454 g/mol. The molecule has 0 aromatic heterocycles. The Balaban J connectivity index is 1.97. The van der Waals surface area contributed by atoms with E-state index in [1.807, 2.05) is 0 Å². The number of benzene rings is 1. The van der Waals surface area contributed by atoms with Gasteiger partial charge in [0.2, 0.25) is 0 Å². The lowest BCUT2D eigenvalue weighted by Crippen LogP contribution is -2.24. The van der Waals surface area contributed by atoms with E-state index in [0.29, 0.717) is 22.5 Å². The molecule has 0 amide bonds. The van der Waals surface area contributed by atoms with E-state index in [4.69, 9.17) is 4.74 Å². The van der Waals surface area contributed by atoms with Crippen LogP contribution in [0.2, 0.25) is 0 Å². The zero-order chi connectivity index (χ0) is 19.6. The number of nitro benzene ring substituents is 1. The lowest BCUT2D eigenvalue weighted by Gasteiger charge is -2.25. The molecule has 2 aliphatic rings. The van der Waals surface area contributed by atoms with Crippen molar-refractivity contribution in [1.82, 2.24) is 0 Å². The third kappa shape index (κ3) is 4.19. The summed E-state index contributed by atoms with van der Waals surface area (Å²) in [6, 6.07) is 2.48. The van der Waals surface area contributed by atoms with Crippen molar-refractivity contribution in [3.8, 4) is 5.75 Å². The van der Waals surface area contributed by atoms with Gasteiger partial charge in [0.1, 0.15) is 10.8 Å². The number of phenolic OH excluding ortho intramolecular Hbond substituents is 1. The average Bonchev–Trinajstić information content (AvgIpc) is 3.01. The number of esters is 1.